The number of thiophene rings is 1. The number of sulfone groups is 1. The summed E-state index contributed by atoms with van der Waals surface area (Å²) in [5.41, 5.74) is 1.81. The standard InChI is InChI=1S/C19H21NO3S2/c1-25(22,23)17-11-15-8-9-16(12-17)20(15)19(21)14-6-4-13(5-7-14)18-3-2-10-24-18/h2-7,10,15-17H,8-9,11-12H2,1H3. The van der Waals surface area contributed by atoms with Crippen LogP contribution in [0.4, 0.5) is 0 Å². The molecule has 2 aromatic rings. The highest BCUT2D eigenvalue weighted by atomic mass is 32.2. The number of amides is 1. The van der Waals surface area contributed by atoms with E-state index in [-0.39, 0.29) is 23.2 Å². The van der Waals surface area contributed by atoms with Crippen LogP contribution in [0.1, 0.15) is 36.0 Å². The van der Waals surface area contributed by atoms with E-state index in [2.05, 4.69) is 6.07 Å². The van der Waals surface area contributed by atoms with Gasteiger partial charge in [-0.2, -0.15) is 0 Å². The molecule has 6 heteroatoms. The number of rotatable bonds is 3. The molecule has 2 unspecified atom stereocenters. The molecule has 2 aliphatic rings. The van der Waals surface area contributed by atoms with Gasteiger partial charge in [0.1, 0.15) is 9.84 Å². The number of hydrogen-bond acceptors (Lipinski definition) is 4. The summed E-state index contributed by atoms with van der Waals surface area (Å²) in [6.45, 7) is 0. The summed E-state index contributed by atoms with van der Waals surface area (Å²) >= 11 is 1.68. The van der Waals surface area contributed by atoms with Crippen LogP contribution in [0, 0.1) is 0 Å². The van der Waals surface area contributed by atoms with Gasteiger partial charge in [-0.25, -0.2) is 8.42 Å². The average molecular weight is 376 g/mol. The topological polar surface area (TPSA) is 54.5 Å². The fourth-order valence-corrected chi connectivity index (χ4v) is 6.05. The second kappa shape index (κ2) is 6.25. The third-order valence-corrected chi connectivity index (χ3v) is 7.98. The van der Waals surface area contributed by atoms with Crippen molar-refractivity contribution in [3.63, 3.8) is 0 Å². The van der Waals surface area contributed by atoms with E-state index < -0.39 is 9.84 Å². The van der Waals surface area contributed by atoms with Crippen molar-refractivity contribution < 1.29 is 13.2 Å². The zero-order valence-corrected chi connectivity index (χ0v) is 15.7. The lowest BCUT2D eigenvalue weighted by molar-refractivity contribution is 0.0598. The molecule has 0 aliphatic carbocycles. The predicted octanol–water partition coefficient (Wildman–Crippen LogP) is 3.60. The molecule has 2 fully saturated rings. The van der Waals surface area contributed by atoms with Crippen LogP contribution in [0.15, 0.2) is 41.8 Å². The maximum Gasteiger partial charge on any atom is 0.254 e. The predicted molar refractivity (Wildman–Crippen MR) is 101 cm³/mol. The van der Waals surface area contributed by atoms with Crippen molar-refractivity contribution in [3.8, 4) is 10.4 Å². The maximum atomic E-state index is 13.0. The SMILES string of the molecule is CS(=O)(=O)C1CC2CCC(C1)N2C(=O)c1ccc(-c2cccs2)cc1. The molecule has 4 rings (SSSR count). The van der Waals surface area contributed by atoms with Crippen molar-refractivity contribution in [1.29, 1.82) is 0 Å². The third-order valence-electron chi connectivity index (χ3n) is 5.47. The number of carbonyl (C=O) groups is 1. The van der Waals surface area contributed by atoms with Gasteiger partial charge in [0.15, 0.2) is 0 Å². The van der Waals surface area contributed by atoms with Crippen molar-refractivity contribution >= 4 is 27.1 Å². The first-order chi connectivity index (χ1) is 11.9. The number of piperidine rings is 1. The molecule has 2 aliphatic heterocycles. The van der Waals surface area contributed by atoms with Gasteiger partial charge in [0.2, 0.25) is 0 Å². The summed E-state index contributed by atoms with van der Waals surface area (Å²) < 4.78 is 23.8. The Morgan fingerprint density at radius 3 is 2.24 bits per heavy atom. The normalized spacial score (nSPS) is 26.0. The summed E-state index contributed by atoms with van der Waals surface area (Å²) in [6, 6.07) is 12.0. The molecular formula is C19H21NO3S2. The first-order valence-corrected chi connectivity index (χ1v) is 11.4. The summed E-state index contributed by atoms with van der Waals surface area (Å²) in [4.78, 5) is 16.1. The average Bonchev–Trinajstić information content (AvgIpc) is 3.20. The molecule has 2 bridgehead atoms. The lowest BCUT2D eigenvalue weighted by atomic mass is 10.0. The van der Waals surface area contributed by atoms with Gasteiger partial charge < -0.3 is 4.90 Å². The van der Waals surface area contributed by atoms with Gasteiger partial charge in [0.25, 0.3) is 5.91 Å². The largest absolute Gasteiger partial charge is 0.333 e. The van der Waals surface area contributed by atoms with Crippen LogP contribution >= 0.6 is 11.3 Å². The van der Waals surface area contributed by atoms with E-state index in [9.17, 15) is 13.2 Å². The second-order valence-electron chi connectivity index (χ2n) is 7.08. The molecule has 1 aromatic carbocycles. The smallest absolute Gasteiger partial charge is 0.254 e. The Morgan fingerprint density at radius 2 is 1.72 bits per heavy atom. The van der Waals surface area contributed by atoms with Gasteiger partial charge in [0, 0.05) is 28.8 Å². The third kappa shape index (κ3) is 3.13. The van der Waals surface area contributed by atoms with Crippen molar-refractivity contribution in [1.82, 2.24) is 4.90 Å². The molecule has 2 saturated heterocycles. The van der Waals surface area contributed by atoms with Crippen LogP contribution in [0.5, 0.6) is 0 Å². The number of hydrogen-bond donors (Lipinski definition) is 0. The van der Waals surface area contributed by atoms with Gasteiger partial charge in [0.05, 0.1) is 5.25 Å². The van der Waals surface area contributed by atoms with E-state index >= 15 is 0 Å². The van der Waals surface area contributed by atoms with Crippen molar-refractivity contribution in [2.45, 2.75) is 43.0 Å². The maximum absolute atomic E-state index is 13.0. The number of fused-ring (bicyclic) bond motifs is 2. The Balaban J connectivity index is 1.54. The molecule has 1 amide bonds. The molecule has 0 N–H and O–H groups in total. The molecular weight excluding hydrogens is 354 g/mol. The molecule has 25 heavy (non-hydrogen) atoms. The fourth-order valence-electron chi connectivity index (χ4n) is 4.18. The lowest BCUT2D eigenvalue weighted by Gasteiger charge is -2.38. The summed E-state index contributed by atoms with van der Waals surface area (Å²) in [5.74, 6) is 0.0391. The highest BCUT2D eigenvalue weighted by molar-refractivity contribution is 7.91. The molecule has 132 valence electrons. The lowest BCUT2D eigenvalue weighted by Crippen LogP contribution is -2.49. The molecule has 0 saturated carbocycles. The summed E-state index contributed by atoms with van der Waals surface area (Å²) in [7, 11) is -3.03. The monoisotopic (exact) mass is 375 g/mol. The van der Waals surface area contributed by atoms with Gasteiger partial charge >= 0.3 is 0 Å². The number of nitrogens with zero attached hydrogens (tertiary/aromatic N) is 1. The Morgan fingerprint density at radius 1 is 1.08 bits per heavy atom. The van der Waals surface area contributed by atoms with E-state index in [1.54, 1.807) is 11.3 Å². The highest BCUT2D eigenvalue weighted by Gasteiger charge is 2.45. The van der Waals surface area contributed by atoms with Gasteiger partial charge in [-0.1, -0.05) is 18.2 Å². The van der Waals surface area contributed by atoms with Gasteiger partial charge in [-0.15, -0.1) is 11.3 Å². The van der Waals surface area contributed by atoms with Crippen molar-refractivity contribution in [3.05, 3.63) is 47.3 Å². The molecule has 0 radical (unpaired) electrons. The van der Waals surface area contributed by atoms with E-state index in [4.69, 9.17) is 0 Å². The summed E-state index contributed by atoms with van der Waals surface area (Å²) in [5, 5.41) is 1.74. The van der Waals surface area contributed by atoms with Crippen LogP contribution in [0.2, 0.25) is 0 Å². The van der Waals surface area contributed by atoms with Crippen LogP contribution in [-0.2, 0) is 9.84 Å². The Kier molecular flexibility index (Phi) is 4.20. The van der Waals surface area contributed by atoms with Crippen molar-refractivity contribution in [2.24, 2.45) is 0 Å². The zero-order valence-electron chi connectivity index (χ0n) is 14.1. The van der Waals surface area contributed by atoms with E-state index in [1.165, 1.54) is 11.1 Å². The highest BCUT2D eigenvalue weighted by Crippen LogP contribution is 2.39. The molecule has 3 heterocycles. The second-order valence-corrected chi connectivity index (χ2v) is 10.3. The zero-order chi connectivity index (χ0) is 17.6. The quantitative estimate of drug-likeness (QED) is 0.824. The minimum absolute atomic E-state index is 0.0391. The Bertz CT molecular complexity index is 858. The molecule has 4 nitrogen and oxygen atoms in total. The molecule has 0 spiro atoms. The fraction of sp³-hybridized carbons (Fsp3) is 0.421. The number of carbonyl (C=O) groups excluding carboxylic acids is 1. The van der Waals surface area contributed by atoms with E-state index in [0.717, 1.165) is 18.4 Å². The van der Waals surface area contributed by atoms with Crippen LogP contribution in [-0.4, -0.2) is 42.8 Å². The van der Waals surface area contributed by atoms with E-state index in [0.29, 0.717) is 18.4 Å². The minimum atomic E-state index is -3.03. The van der Waals surface area contributed by atoms with Gasteiger partial charge in [-0.3, -0.25) is 4.79 Å². The van der Waals surface area contributed by atoms with Crippen LogP contribution < -0.4 is 0 Å². The minimum Gasteiger partial charge on any atom is -0.333 e. The van der Waals surface area contributed by atoms with Crippen molar-refractivity contribution in [2.75, 3.05) is 6.26 Å². The Hall–Kier alpha value is -1.66. The van der Waals surface area contributed by atoms with Crippen LogP contribution in [0.25, 0.3) is 10.4 Å². The van der Waals surface area contributed by atoms with E-state index in [1.807, 2.05) is 40.6 Å². The first kappa shape index (κ1) is 16.8. The van der Waals surface area contributed by atoms with Crippen LogP contribution in [0.3, 0.4) is 0 Å². The summed E-state index contributed by atoms with van der Waals surface area (Å²) in [6.07, 6.45) is 4.30. The Labute approximate surface area is 152 Å². The van der Waals surface area contributed by atoms with Gasteiger partial charge in [-0.05, 0) is 54.8 Å². The molecule has 1 aromatic heterocycles. The molecule has 2 atom stereocenters. The number of benzene rings is 1. The first-order valence-electron chi connectivity index (χ1n) is 8.59.